The predicted octanol–water partition coefficient (Wildman–Crippen LogP) is 4.62. The number of carbonyl (C=O) groups excluding carboxylic acids is 3. The standard InChI is InChI=1S/C27H35N3O3/c1-6-7-8-20-11-13-21(14-12-20)24(18(2)3)28-23(31)17-30-25(32)27(5,29-26(30)33)22-15-9-19(4)10-16-22/h9-16,18,24H,6-8,17H2,1-5H3,(H,28,31)(H,29,33). The van der Waals surface area contributed by atoms with Crippen LogP contribution in [0.1, 0.15) is 68.8 Å². The monoisotopic (exact) mass is 449 g/mol. The van der Waals surface area contributed by atoms with Gasteiger partial charge in [-0.05, 0) is 49.3 Å². The Hall–Kier alpha value is -3.15. The summed E-state index contributed by atoms with van der Waals surface area (Å²) in [5.41, 5.74) is 2.87. The lowest BCUT2D eigenvalue weighted by molar-refractivity contribution is -0.135. The van der Waals surface area contributed by atoms with E-state index < -0.39 is 17.5 Å². The van der Waals surface area contributed by atoms with Crippen LogP contribution in [-0.4, -0.2) is 29.3 Å². The Labute approximate surface area is 196 Å². The number of rotatable bonds is 9. The third-order valence-corrected chi connectivity index (χ3v) is 6.35. The van der Waals surface area contributed by atoms with E-state index in [0.29, 0.717) is 5.56 Å². The van der Waals surface area contributed by atoms with E-state index in [1.54, 1.807) is 6.92 Å². The van der Waals surface area contributed by atoms with Gasteiger partial charge >= 0.3 is 6.03 Å². The van der Waals surface area contributed by atoms with Crippen LogP contribution < -0.4 is 10.6 Å². The van der Waals surface area contributed by atoms with Crippen molar-refractivity contribution < 1.29 is 14.4 Å². The molecule has 0 aliphatic carbocycles. The van der Waals surface area contributed by atoms with Crippen molar-refractivity contribution >= 4 is 17.8 Å². The maximum atomic E-state index is 13.1. The van der Waals surface area contributed by atoms with Crippen molar-refractivity contribution in [2.24, 2.45) is 5.92 Å². The molecule has 1 aliphatic heterocycles. The van der Waals surface area contributed by atoms with E-state index >= 15 is 0 Å². The zero-order valence-corrected chi connectivity index (χ0v) is 20.3. The predicted molar refractivity (Wildman–Crippen MR) is 130 cm³/mol. The second-order valence-electron chi connectivity index (χ2n) is 9.45. The fourth-order valence-electron chi connectivity index (χ4n) is 4.19. The number of amides is 4. The van der Waals surface area contributed by atoms with Gasteiger partial charge in [0.2, 0.25) is 5.91 Å². The minimum atomic E-state index is -1.18. The lowest BCUT2D eigenvalue weighted by atomic mass is 9.91. The van der Waals surface area contributed by atoms with E-state index in [0.717, 1.165) is 35.3 Å². The van der Waals surface area contributed by atoms with Gasteiger partial charge in [-0.2, -0.15) is 0 Å². The van der Waals surface area contributed by atoms with Gasteiger partial charge in [0.05, 0.1) is 6.04 Å². The number of hydrogen-bond acceptors (Lipinski definition) is 3. The number of nitrogens with zero attached hydrogens (tertiary/aromatic N) is 1. The molecule has 2 aromatic carbocycles. The third kappa shape index (κ3) is 5.44. The Kier molecular flexibility index (Phi) is 7.57. The lowest BCUT2D eigenvalue weighted by Gasteiger charge is -2.25. The normalized spacial score (nSPS) is 19.0. The molecular weight excluding hydrogens is 414 g/mol. The average molecular weight is 450 g/mol. The summed E-state index contributed by atoms with van der Waals surface area (Å²) < 4.78 is 0. The van der Waals surface area contributed by atoms with Gasteiger partial charge in [-0.15, -0.1) is 0 Å². The van der Waals surface area contributed by atoms with Crippen molar-refractivity contribution in [2.75, 3.05) is 6.54 Å². The number of imide groups is 1. The summed E-state index contributed by atoms with van der Waals surface area (Å²) in [5, 5.41) is 5.78. The SMILES string of the molecule is CCCCc1ccc(C(NC(=O)CN2C(=O)NC(C)(c3ccc(C)cc3)C2=O)C(C)C)cc1. The highest BCUT2D eigenvalue weighted by atomic mass is 16.2. The van der Waals surface area contributed by atoms with E-state index in [-0.39, 0.29) is 24.4 Å². The Balaban J connectivity index is 1.69. The van der Waals surface area contributed by atoms with Crippen molar-refractivity contribution in [3.63, 3.8) is 0 Å². The zero-order valence-electron chi connectivity index (χ0n) is 20.3. The molecule has 2 aromatic rings. The summed E-state index contributed by atoms with van der Waals surface area (Å²) in [6, 6.07) is 15.0. The van der Waals surface area contributed by atoms with Crippen molar-refractivity contribution in [3.05, 3.63) is 70.8 Å². The number of aryl methyl sites for hydroxylation is 2. The van der Waals surface area contributed by atoms with E-state index in [9.17, 15) is 14.4 Å². The first-order valence-electron chi connectivity index (χ1n) is 11.7. The zero-order chi connectivity index (χ0) is 24.2. The largest absolute Gasteiger partial charge is 0.347 e. The summed E-state index contributed by atoms with van der Waals surface area (Å²) >= 11 is 0. The summed E-state index contributed by atoms with van der Waals surface area (Å²) in [4.78, 5) is 39.6. The molecule has 0 bridgehead atoms. The molecule has 2 atom stereocenters. The van der Waals surface area contributed by atoms with E-state index in [1.165, 1.54) is 5.56 Å². The van der Waals surface area contributed by atoms with Crippen molar-refractivity contribution in [1.82, 2.24) is 15.5 Å². The van der Waals surface area contributed by atoms with Crippen LogP contribution in [-0.2, 0) is 21.5 Å². The number of benzene rings is 2. The van der Waals surface area contributed by atoms with Gasteiger partial charge in [0.1, 0.15) is 12.1 Å². The quantitative estimate of drug-likeness (QED) is 0.549. The molecular formula is C27H35N3O3. The maximum Gasteiger partial charge on any atom is 0.325 e. The molecule has 1 aliphatic rings. The molecule has 3 rings (SSSR count). The second-order valence-corrected chi connectivity index (χ2v) is 9.45. The molecule has 6 nitrogen and oxygen atoms in total. The summed E-state index contributed by atoms with van der Waals surface area (Å²) in [7, 11) is 0. The van der Waals surface area contributed by atoms with Crippen LogP contribution in [0.4, 0.5) is 4.79 Å². The molecule has 0 aromatic heterocycles. The van der Waals surface area contributed by atoms with Crippen LogP contribution in [0.3, 0.4) is 0 Å². The first-order chi connectivity index (χ1) is 15.7. The third-order valence-electron chi connectivity index (χ3n) is 6.35. The Morgan fingerprint density at radius 3 is 2.27 bits per heavy atom. The highest BCUT2D eigenvalue weighted by molar-refractivity contribution is 6.09. The van der Waals surface area contributed by atoms with E-state index in [4.69, 9.17) is 0 Å². The first-order valence-corrected chi connectivity index (χ1v) is 11.7. The smallest absolute Gasteiger partial charge is 0.325 e. The van der Waals surface area contributed by atoms with Gasteiger partial charge in [-0.25, -0.2) is 4.79 Å². The number of hydrogen-bond donors (Lipinski definition) is 2. The minimum absolute atomic E-state index is 0.149. The van der Waals surface area contributed by atoms with Gasteiger partial charge in [-0.3, -0.25) is 14.5 Å². The highest BCUT2D eigenvalue weighted by Gasteiger charge is 2.49. The molecule has 176 valence electrons. The molecule has 1 heterocycles. The molecule has 0 saturated carbocycles. The van der Waals surface area contributed by atoms with E-state index in [1.807, 2.05) is 45.0 Å². The molecule has 4 amide bonds. The summed E-state index contributed by atoms with van der Waals surface area (Å²) in [6.07, 6.45) is 3.34. The Bertz CT molecular complexity index is 998. The van der Waals surface area contributed by atoms with Crippen molar-refractivity contribution in [2.45, 2.75) is 65.5 Å². The average Bonchev–Trinajstić information content (AvgIpc) is 3.00. The first kappa shape index (κ1) is 24.5. The lowest BCUT2D eigenvalue weighted by Crippen LogP contribution is -2.44. The van der Waals surface area contributed by atoms with E-state index in [2.05, 4.69) is 41.8 Å². The Morgan fingerprint density at radius 2 is 1.70 bits per heavy atom. The van der Waals surface area contributed by atoms with Crippen LogP contribution in [0.5, 0.6) is 0 Å². The van der Waals surface area contributed by atoms with Crippen LogP contribution in [0.2, 0.25) is 0 Å². The molecule has 0 spiro atoms. The Morgan fingerprint density at radius 1 is 1.06 bits per heavy atom. The number of urea groups is 1. The van der Waals surface area contributed by atoms with Gasteiger partial charge in [0, 0.05) is 0 Å². The molecule has 33 heavy (non-hydrogen) atoms. The van der Waals surface area contributed by atoms with Crippen LogP contribution in [0.15, 0.2) is 48.5 Å². The van der Waals surface area contributed by atoms with Gasteiger partial charge in [0.15, 0.2) is 0 Å². The molecule has 0 radical (unpaired) electrons. The minimum Gasteiger partial charge on any atom is -0.347 e. The fraction of sp³-hybridized carbons (Fsp3) is 0.444. The molecule has 2 N–H and O–H groups in total. The molecule has 6 heteroatoms. The van der Waals surface area contributed by atoms with Gasteiger partial charge in [0.25, 0.3) is 5.91 Å². The van der Waals surface area contributed by atoms with Crippen LogP contribution in [0, 0.1) is 12.8 Å². The van der Waals surface area contributed by atoms with Crippen molar-refractivity contribution in [3.8, 4) is 0 Å². The number of nitrogens with one attached hydrogen (secondary N) is 2. The van der Waals surface area contributed by atoms with Crippen LogP contribution in [0.25, 0.3) is 0 Å². The maximum absolute atomic E-state index is 13.1. The summed E-state index contributed by atoms with van der Waals surface area (Å²) in [6.45, 7) is 9.57. The topological polar surface area (TPSA) is 78.5 Å². The summed E-state index contributed by atoms with van der Waals surface area (Å²) in [5.74, 6) is -0.635. The molecule has 2 unspecified atom stereocenters. The number of carbonyl (C=O) groups is 3. The van der Waals surface area contributed by atoms with Crippen LogP contribution >= 0.6 is 0 Å². The second kappa shape index (κ2) is 10.2. The fourth-order valence-corrected chi connectivity index (χ4v) is 4.19. The highest BCUT2D eigenvalue weighted by Crippen LogP contribution is 2.29. The van der Waals surface area contributed by atoms with Crippen molar-refractivity contribution in [1.29, 1.82) is 0 Å². The van der Waals surface area contributed by atoms with Gasteiger partial charge < -0.3 is 10.6 Å². The van der Waals surface area contributed by atoms with Gasteiger partial charge in [-0.1, -0.05) is 81.3 Å². The molecule has 1 saturated heterocycles. The molecule has 1 fully saturated rings. The number of unbranched alkanes of at least 4 members (excludes halogenated alkanes) is 1.